The van der Waals surface area contributed by atoms with Gasteiger partial charge in [-0.1, -0.05) is 0 Å². The molecule has 0 amide bonds. The Kier molecular flexibility index (Phi) is 4.46. The van der Waals surface area contributed by atoms with Crippen molar-refractivity contribution in [2.75, 3.05) is 13.1 Å². The van der Waals surface area contributed by atoms with Gasteiger partial charge >= 0.3 is 5.69 Å². The molecule has 0 spiro atoms. The lowest BCUT2D eigenvalue weighted by Gasteiger charge is -2.15. The molecule has 0 aliphatic heterocycles. The van der Waals surface area contributed by atoms with Gasteiger partial charge in [0.1, 0.15) is 0 Å². The minimum Gasteiger partial charge on any atom is -0.325 e. The van der Waals surface area contributed by atoms with E-state index < -0.39 is 45.2 Å². The number of rotatable bonds is 5. The number of alkyl halides is 2. The van der Waals surface area contributed by atoms with E-state index in [0.29, 0.717) is 4.57 Å². The Labute approximate surface area is 112 Å². The number of nitrogens with one attached hydrogen (secondary N) is 1. The molecule has 1 rings (SSSR count). The summed E-state index contributed by atoms with van der Waals surface area (Å²) in [4.78, 5) is 22.3. The molecule has 1 aromatic heterocycles. The second-order valence-electron chi connectivity index (χ2n) is 4.14. The Hall–Kier alpha value is -1.59. The third kappa shape index (κ3) is 3.29. The van der Waals surface area contributed by atoms with Crippen LogP contribution in [0.15, 0.2) is 20.7 Å². The highest BCUT2D eigenvalue weighted by molar-refractivity contribution is 7.89. The van der Waals surface area contributed by atoms with Crippen molar-refractivity contribution < 1.29 is 17.2 Å². The summed E-state index contributed by atoms with van der Waals surface area (Å²) in [6.45, 7) is -2.28. The zero-order valence-corrected chi connectivity index (χ0v) is 11.6. The average molecular weight is 312 g/mol. The first-order valence-corrected chi connectivity index (χ1v) is 6.84. The molecule has 0 fully saturated rings. The SMILES string of the molecule is Cn1cc(S(=O)(=O)NCC(F)(F)CN)c(=O)n(C)c1=O. The minimum absolute atomic E-state index is 0.565. The molecule has 1 aromatic rings. The molecule has 0 saturated carbocycles. The van der Waals surface area contributed by atoms with Gasteiger partial charge in [-0.3, -0.25) is 9.36 Å². The lowest BCUT2D eigenvalue weighted by Crippen LogP contribution is -2.45. The van der Waals surface area contributed by atoms with E-state index in [0.717, 1.165) is 17.8 Å². The topological polar surface area (TPSA) is 116 Å². The van der Waals surface area contributed by atoms with Crippen molar-refractivity contribution in [3.8, 4) is 0 Å². The summed E-state index contributed by atoms with van der Waals surface area (Å²) in [7, 11) is -2.16. The molecule has 20 heavy (non-hydrogen) atoms. The Balaban J connectivity index is 3.25. The molecule has 0 aliphatic rings. The number of aryl methyl sites for hydroxylation is 1. The maximum atomic E-state index is 12.9. The van der Waals surface area contributed by atoms with Gasteiger partial charge in [-0.2, -0.15) is 0 Å². The van der Waals surface area contributed by atoms with Gasteiger partial charge < -0.3 is 10.3 Å². The van der Waals surface area contributed by atoms with Crippen LogP contribution in [-0.4, -0.2) is 36.6 Å². The molecular formula is C9H14F2N4O4S. The predicted octanol–water partition coefficient (Wildman–Crippen LogP) is -2.04. The zero-order chi connectivity index (χ0) is 15.7. The van der Waals surface area contributed by atoms with Crippen molar-refractivity contribution in [2.24, 2.45) is 19.8 Å². The largest absolute Gasteiger partial charge is 0.330 e. The molecule has 0 saturated heterocycles. The van der Waals surface area contributed by atoms with Crippen molar-refractivity contribution in [1.82, 2.24) is 13.9 Å². The Morgan fingerprint density at radius 3 is 2.40 bits per heavy atom. The standard InChI is InChI=1S/C9H14F2N4O4S/c1-14-3-6(7(16)15(2)8(14)17)20(18,19)13-5-9(10,11)4-12/h3,13H,4-5,12H2,1-2H3. The first-order valence-electron chi connectivity index (χ1n) is 5.36. The molecule has 114 valence electrons. The monoisotopic (exact) mass is 312 g/mol. The average Bonchev–Trinajstić information content (AvgIpc) is 2.38. The molecule has 11 heteroatoms. The molecule has 0 radical (unpaired) electrons. The number of sulfonamides is 1. The summed E-state index contributed by atoms with van der Waals surface area (Å²) in [5.41, 5.74) is 2.94. The lowest BCUT2D eigenvalue weighted by molar-refractivity contribution is 0.0170. The minimum atomic E-state index is -4.47. The van der Waals surface area contributed by atoms with Crippen molar-refractivity contribution in [1.29, 1.82) is 0 Å². The number of halogens is 2. The first-order chi connectivity index (χ1) is 9.02. The Morgan fingerprint density at radius 1 is 1.35 bits per heavy atom. The van der Waals surface area contributed by atoms with Gasteiger partial charge in [0.15, 0.2) is 4.90 Å². The summed E-state index contributed by atoms with van der Waals surface area (Å²) < 4.78 is 52.5. The second-order valence-corrected chi connectivity index (χ2v) is 5.87. The van der Waals surface area contributed by atoms with Gasteiger partial charge in [0.05, 0.1) is 13.1 Å². The van der Waals surface area contributed by atoms with Gasteiger partial charge in [-0.15, -0.1) is 0 Å². The number of aromatic nitrogens is 2. The van der Waals surface area contributed by atoms with Crippen LogP contribution in [0, 0.1) is 0 Å². The number of nitrogens with two attached hydrogens (primary N) is 1. The molecule has 0 unspecified atom stereocenters. The summed E-state index contributed by atoms with van der Waals surface area (Å²) in [6.07, 6.45) is 0.771. The number of hydrogen-bond donors (Lipinski definition) is 2. The van der Waals surface area contributed by atoms with E-state index in [4.69, 9.17) is 5.73 Å². The molecule has 0 bridgehead atoms. The van der Waals surface area contributed by atoms with Gasteiger partial charge in [-0.05, 0) is 0 Å². The van der Waals surface area contributed by atoms with Crippen LogP contribution >= 0.6 is 0 Å². The van der Waals surface area contributed by atoms with E-state index >= 15 is 0 Å². The van der Waals surface area contributed by atoms with E-state index in [1.54, 1.807) is 4.72 Å². The molecule has 8 nitrogen and oxygen atoms in total. The van der Waals surface area contributed by atoms with Gasteiger partial charge in [0.2, 0.25) is 10.0 Å². The maximum absolute atomic E-state index is 12.9. The van der Waals surface area contributed by atoms with Crippen molar-refractivity contribution in [3.05, 3.63) is 27.0 Å². The second kappa shape index (κ2) is 5.42. The fraction of sp³-hybridized carbons (Fsp3) is 0.556. The van der Waals surface area contributed by atoms with Crippen LogP contribution in [0.2, 0.25) is 0 Å². The van der Waals surface area contributed by atoms with Crippen LogP contribution in [-0.2, 0) is 24.1 Å². The van der Waals surface area contributed by atoms with Gasteiger partial charge in [0.25, 0.3) is 11.5 Å². The number of nitrogens with zero attached hydrogens (tertiary/aromatic N) is 2. The van der Waals surface area contributed by atoms with E-state index in [9.17, 15) is 26.8 Å². The first kappa shape index (κ1) is 16.5. The number of hydrogen-bond acceptors (Lipinski definition) is 5. The van der Waals surface area contributed by atoms with Crippen molar-refractivity contribution >= 4 is 10.0 Å². The van der Waals surface area contributed by atoms with Crippen molar-refractivity contribution in [3.63, 3.8) is 0 Å². The highest BCUT2D eigenvalue weighted by atomic mass is 32.2. The highest BCUT2D eigenvalue weighted by Gasteiger charge is 2.30. The van der Waals surface area contributed by atoms with Crippen LogP contribution in [0.4, 0.5) is 8.78 Å². The summed E-state index contributed by atoms with van der Waals surface area (Å²) in [5.74, 6) is -3.43. The fourth-order valence-electron chi connectivity index (χ4n) is 1.31. The fourth-order valence-corrected chi connectivity index (χ4v) is 2.53. The predicted molar refractivity (Wildman–Crippen MR) is 66.1 cm³/mol. The third-order valence-electron chi connectivity index (χ3n) is 2.52. The maximum Gasteiger partial charge on any atom is 0.330 e. The van der Waals surface area contributed by atoms with E-state index in [1.807, 2.05) is 0 Å². The summed E-state index contributed by atoms with van der Waals surface area (Å²) in [6, 6.07) is 0. The quantitative estimate of drug-likeness (QED) is 0.649. The van der Waals surface area contributed by atoms with E-state index in [1.165, 1.54) is 7.05 Å². The van der Waals surface area contributed by atoms with Crippen LogP contribution in [0.1, 0.15) is 0 Å². The van der Waals surface area contributed by atoms with E-state index in [2.05, 4.69) is 0 Å². The Bertz CT molecular complexity index is 722. The van der Waals surface area contributed by atoms with Crippen molar-refractivity contribution in [2.45, 2.75) is 10.8 Å². The van der Waals surface area contributed by atoms with Crippen LogP contribution in [0.25, 0.3) is 0 Å². The van der Waals surface area contributed by atoms with Gasteiger partial charge in [-0.25, -0.2) is 26.7 Å². The third-order valence-corrected chi connectivity index (χ3v) is 3.91. The zero-order valence-electron chi connectivity index (χ0n) is 10.8. The van der Waals surface area contributed by atoms with Crippen LogP contribution < -0.4 is 21.7 Å². The molecule has 0 atom stereocenters. The highest BCUT2D eigenvalue weighted by Crippen LogP contribution is 2.10. The van der Waals surface area contributed by atoms with E-state index in [-0.39, 0.29) is 0 Å². The summed E-state index contributed by atoms with van der Waals surface area (Å²) in [5, 5.41) is 0. The molecular weight excluding hydrogens is 298 g/mol. The normalized spacial score (nSPS) is 12.7. The lowest BCUT2D eigenvalue weighted by atomic mass is 10.3. The Morgan fingerprint density at radius 2 is 1.90 bits per heavy atom. The molecule has 1 heterocycles. The van der Waals surface area contributed by atoms with Crippen LogP contribution in [0.3, 0.4) is 0 Å². The molecule has 0 aromatic carbocycles. The summed E-state index contributed by atoms with van der Waals surface area (Å²) >= 11 is 0. The van der Waals surface area contributed by atoms with Gasteiger partial charge in [0, 0.05) is 20.3 Å². The van der Waals surface area contributed by atoms with Crippen LogP contribution in [0.5, 0.6) is 0 Å². The smallest absolute Gasteiger partial charge is 0.325 e. The molecule has 0 aliphatic carbocycles. The molecule has 3 N–H and O–H groups in total.